The molecule has 0 radical (unpaired) electrons. The zero-order chi connectivity index (χ0) is 12.3. The highest BCUT2D eigenvalue weighted by Crippen LogP contribution is 2.46. The molecule has 17 heavy (non-hydrogen) atoms. The highest BCUT2D eigenvalue weighted by atomic mass is 16.2. The summed E-state index contributed by atoms with van der Waals surface area (Å²) < 4.78 is 0. The van der Waals surface area contributed by atoms with E-state index in [1.165, 1.54) is 38.5 Å². The van der Waals surface area contributed by atoms with Crippen molar-refractivity contribution in [2.24, 2.45) is 11.1 Å². The zero-order valence-corrected chi connectivity index (χ0v) is 11.1. The van der Waals surface area contributed by atoms with E-state index in [9.17, 15) is 4.79 Å². The molecule has 1 aliphatic heterocycles. The van der Waals surface area contributed by atoms with Crippen LogP contribution < -0.4 is 5.73 Å². The Bertz CT molecular complexity index is 261. The van der Waals surface area contributed by atoms with E-state index in [2.05, 4.69) is 6.92 Å². The van der Waals surface area contributed by atoms with Crippen LogP contribution in [0.2, 0.25) is 0 Å². The van der Waals surface area contributed by atoms with E-state index in [0.717, 1.165) is 25.9 Å². The first-order chi connectivity index (χ1) is 8.17. The Morgan fingerprint density at radius 1 is 1.24 bits per heavy atom. The first kappa shape index (κ1) is 12.9. The van der Waals surface area contributed by atoms with Gasteiger partial charge in [0.2, 0.25) is 5.91 Å². The van der Waals surface area contributed by atoms with E-state index in [0.29, 0.717) is 5.41 Å². The molecule has 1 amide bonds. The Labute approximate surface area is 105 Å². The topological polar surface area (TPSA) is 46.3 Å². The van der Waals surface area contributed by atoms with Crippen LogP contribution in [0.1, 0.15) is 58.3 Å². The van der Waals surface area contributed by atoms with Crippen LogP contribution in [0.15, 0.2) is 0 Å². The summed E-state index contributed by atoms with van der Waals surface area (Å²) in [7, 11) is 0. The number of likely N-dealkylation sites (tertiary alicyclic amines) is 1. The number of nitrogens with zero attached hydrogens (tertiary/aromatic N) is 1. The van der Waals surface area contributed by atoms with Crippen molar-refractivity contribution in [1.82, 2.24) is 4.90 Å². The largest absolute Gasteiger partial charge is 0.341 e. The second-order valence-corrected chi connectivity index (χ2v) is 5.93. The Morgan fingerprint density at radius 3 is 2.35 bits per heavy atom. The smallest absolute Gasteiger partial charge is 0.239 e. The van der Waals surface area contributed by atoms with Crippen molar-refractivity contribution in [3.05, 3.63) is 0 Å². The monoisotopic (exact) mass is 238 g/mol. The van der Waals surface area contributed by atoms with Gasteiger partial charge < -0.3 is 10.6 Å². The molecule has 0 bridgehead atoms. The maximum absolute atomic E-state index is 12.1. The van der Waals surface area contributed by atoms with Crippen LogP contribution >= 0.6 is 0 Å². The molecule has 1 spiro atoms. The van der Waals surface area contributed by atoms with Gasteiger partial charge in [-0.2, -0.15) is 0 Å². The standard InChI is InChI=1S/C14H26N2O/c1-2-5-12(15)13(17)16-10-8-14(9-11-16)6-3-4-7-14/h12H,2-11,15H2,1H3/t12-/m0/s1. The number of nitrogens with two attached hydrogens (primary N) is 1. The normalized spacial score (nSPS) is 25.2. The van der Waals surface area contributed by atoms with E-state index in [1.54, 1.807) is 0 Å². The van der Waals surface area contributed by atoms with Crippen LogP contribution in [0.5, 0.6) is 0 Å². The number of hydrogen-bond acceptors (Lipinski definition) is 2. The van der Waals surface area contributed by atoms with Crippen LogP contribution in [-0.4, -0.2) is 29.9 Å². The molecule has 0 aromatic rings. The molecule has 3 nitrogen and oxygen atoms in total. The molecule has 1 saturated carbocycles. The molecule has 1 aliphatic carbocycles. The third-order valence-electron chi connectivity index (χ3n) is 4.72. The average molecular weight is 238 g/mol. The van der Waals surface area contributed by atoms with Crippen LogP contribution in [-0.2, 0) is 4.79 Å². The second-order valence-electron chi connectivity index (χ2n) is 5.93. The number of rotatable bonds is 3. The highest BCUT2D eigenvalue weighted by molar-refractivity contribution is 5.81. The molecule has 0 unspecified atom stereocenters. The van der Waals surface area contributed by atoms with Crippen LogP contribution in [0.4, 0.5) is 0 Å². The predicted octanol–water partition coefficient (Wildman–Crippen LogP) is 2.30. The summed E-state index contributed by atoms with van der Waals surface area (Å²) in [6.07, 6.45) is 9.78. The van der Waals surface area contributed by atoms with Gasteiger partial charge in [-0.3, -0.25) is 4.79 Å². The summed E-state index contributed by atoms with van der Waals surface area (Å²) in [6.45, 7) is 3.96. The molecule has 2 N–H and O–H groups in total. The van der Waals surface area contributed by atoms with E-state index in [1.807, 2.05) is 4.90 Å². The van der Waals surface area contributed by atoms with Crippen molar-refractivity contribution < 1.29 is 4.79 Å². The van der Waals surface area contributed by atoms with E-state index in [-0.39, 0.29) is 11.9 Å². The minimum Gasteiger partial charge on any atom is -0.341 e. The molecule has 1 saturated heterocycles. The molecule has 1 atom stereocenters. The number of amides is 1. The van der Waals surface area contributed by atoms with Crippen molar-refractivity contribution in [2.75, 3.05) is 13.1 Å². The van der Waals surface area contributed by atoms with Gasteiger partial charge in [-0.05, 0) is 37.5 Å². The summed E-state index contributed by atoms with van der Waals surface area (Å²) in [5.41, 5.74) is 6.50. The van der Waals surface area contributed by atoms with E-state index < -0.39 is 0 Å². The minimum absolute atomic E-state index is 0.180. The third kappa shape index (κ3) is 2.82. The van der Waals surface area contributed by atoms with Crippen molar-refractivity contribution in [1.29, 1.82) is 0 Å². The number of carbonyl (C=O) groups is 1. The molecular weight excluding hydrogens is 212 g/mol. The van der Waals surface area contributed by atoms with Gasteiger partial charge in [0.1, 0.15) is 0 Å². The lowest BCUT2D eigenvalue weighted by atomic mass is 9.77. The summed E-state index contributed by atoms with van der Waals surface area (Å²) >= 11 is 0. The molecule has 2 aliphatic rings. The van der Waals surface area contributed by atoms with Crippen molar-refractivity contribution in [2.45, 2.75) is 64.3 Å². The summed E-state index contributed by atoms with van der Waals surface area (Å²) in [5, 5.41) is 0. The zero-order valence-electron chi connectivity index (χ0n) is 11.1. The molecule has 0 aromatic heterocycles. The Balaban J connectivity index is 1.84. The molecule has 3 heteroatoms. The Hall–Kier alpha value is -0.570. The second kappa shape index (κ2) is 5.38. The summed E-state index contributed by atoms with van der Waals surface area (Å²) in [6, 6.07) is -0.266. The van der Waals surface area contributed by atoms with Crippen LogP contribution in [0, 0.1) is 5.41 Å². The Morgan fingerprint density at radius 2 is 1.82 bits per heavy atom. The lowest BCUT2D eigenvalue weighted by molar-refractivity contribution is -0.135. The van der Waals surface area contributed by atoms with Gasteiger partial charge in [0.15, 0.2) is 0 Å². The van der Waals surface area contributed by atoms with Crippen molar-refractivity contribution >= 4 is 5.91 Å². The van der Waals surface area contributed by atoms with Crippen LogP contribution in [0.25, 0.3) is 0 Å². The van der Waals surface area contributed by atoms with Gasteiger partial charge in [-0.15, -0.1) is 0 Å². The molecule has 2 rings (SSSR count). The van der Waals surface area contributed by atoms with Gasteiger partial charge in [-0.25, -0.2) is 0 Å². The minimum atomic E-state index is -0.266. The lowest BCUT2D eigenvalue weighted by Gasteiger charge is -2.40. The van der Waals surface area contributed by atoms with Gasteiger partial charge >= 0.3 is 0 Å². The molecule has 2 fully saturated rings. The molecule has 1 heterocycles. The lowest BCUT2D eigenvalue weighted by Crippen LogP contribution is -2.48. The van der Waals surface area contributed by atoms with Gasteiger partial charge in [-0.1, -0.05) is 26.2 Å². The third-order valence-corrected chi connectivity index (χ3v) is 4.72. The van der Waals surface area contributed by atoms with Gasteiger partial charge in [0, 0.05) is 13.1 Å². The number of piperidine rings is 1. The maximum atomic E-state index is 12.1. The average Bonchev–Trinajstić information content (AvgIpc) is 2.78. The maximum Gasteiger partial charge on any atom is 0.239 e. The number of hydrogen-bond donors (Lipinski definition) is 1. The Kier molecular flexibility index (Phi) is 4.08. The number of carbonyl (C=O) groups excluding carboxylic acids is 1. The fourth-order valence-corrected chi connectivity index (χ4v) is 3.50. The van der Waals surface area contributed by atoms with Gasteiger partial charge in [0.25, 0.3) is 0 Å². The molecular formula is C14H26N2O. The predicted molar refractivity (Wildman–Crippen MR) is 69.6 cm³/mol. The van der Waals surface area contributed by atoms with E-state index >= 15 is 0 Å². The first-order valence-electron chi connectivity index (χ1n) is 7.21. The molecule has 0 aromatic carbocycles. The molecule has 98 valence electrons. The summed E-state index contributed by atoms with van der Waals surface area (Å²) in [4.78, 5) is 14.1. The van der Waals surface area contributed by atoms with Crippen LogP contribution in [0.3, 0.4) is 0 Å². The highest BCUT2D eigenvalue weighted by Gasteiger charge is 2.38. The van der Waals surface area contributed by atoms with Crippen molar-refractivity contribution in [3.8, 4) is 0 Å². The van der Waals surface area contributed by atoms with E-state index in [4.69, 9.17) is 5.73 Å². The van der Waals surface area contributed by atoms with Gasteiger partial charge in [0.05, 0.1) is 6.04 Å². The first-order valence-corrected chi connectivity index (χ1v) is 7.21. The fraction of sp³-hybridized carbons (Fsp3) is 0.929. The van der Waals surface area contributed by atoms with Crippen molar-refractivity contribution in [3.63, 3.8) is 0 Å². The quantitative estimate of drug-likeness (QED) is 0.820. The summed E-state index contributed by atoms with van der Waals surface area (Å²) in [5.74, 6) is 0.180. The fourth-order valence-electron chi connectivity index (χ4n) is 3.50. The SMILES string of the molecule is CCC[C@H](N)C(=O)N1CCC2(CCCC2)CC1.